The highest BCUT2D eigenvalue weighted by Crippen LogP contribution is 2.31. The van der Waals surface area contributed by atoms with Crippen LogP contribution in [-0.4, -0.2) is 68.5 Å². The van der Waals surface area contributed by atoms with Gasteiger partial charge in [0.2, 0.25) is 0 Å². The Morgan fingerprint density at radius 1 is 1.21 bits per heavy atom. The highest BCUT2D eigenvalue weighted by molar-refractivity contribution is 5.97. The average Bonchev–Trinajstić information content (AvgIpc) is 3.22. The van der Waals surface area contributed by atoms with Gasteiger partial charge >= 0.3 is 6.03 Å². The van der Waals surface area contributed by atoms with Crippen molar-refractivity contribution >= 4 is 23.1 Å². The second-order valence-electron chi connectivity index (χ2n) is 7.53. The number of rotatable bonds is 3. The first-order chi connectivity index (χ1) is 13.6. The number of urea groups is 1. The normalized spacial score (nSPS) is 17.8. The number of amides is 3. The molecule has 1 N–H and O–H groups in total. The highest BCUT2D eigenvalue weighted by atomic mass is 16.2. The minimum absolute atomic E-state index is 0.0783. The van der Waals surface area contributed by atoms with E-state index in [0.717, 1.165) is 5.65 Å². The maximum absolute atomic E-state index is 12.8. The fourth-order valence-corrected chi connectivity index (χ4v) is 3.97. The summed E-state index contributed by atoms with van der Waals surface area (Å²) in [6.45, 7) is 2.32. The van der Waals surface area contributed by atoms with Crippen molar-refractivity contribution in [3.63, 3.8) is 0 Å². The Morgan fingerprint density at radius 2 is 2.00 bits per heavy atom. The molecular weight excluding hydrogens is 356 g/mol. The monoisotopic (exact) mass is 376 g/mol. The summed E-state index contributed by atoms with van der Waals surface area (Å²) >= 11 is 0. The van der Waals surface area contributed by atoms with Gasteiger partial charge in [-0.2, -0.15) is 0 Å². The lowest BCUT2D eigenvalue weighted by molar-refractivity contribution is 0.00775. The number of hydrogen-bond donors (Lipinski definition) is 1. The molecule has 0 saturated carbocycles. The molecule has 5 rings (SSSR count). The lowest BCUT2D eigenvalue weighted by atomic mass is 9.89. The zero-order valence-corrected chi connectivity index (χ0v) is 15.5. The maximum atomic E-state index is 12.8. The van der Waals surface area contributed by atoms with E-state index in [1.165, 1.54) is 5.56 Å². The third-order valence-electron chi connectivity index (χ3n) is 5.74. The molecule has 4 heterocycles. The number of nitrogens with zero attached hydrogens (tertiary/aromatic N) is 5. The summed E-state index contributed by atoms with van der Waals surface area (Å²) in [5.74, 6) is -0.0783. The fourth-order valence-electron chi connectivity index (χ4n) is 3.97. The number of likely N-dealkylation sites (tertiary alicyclic amines) is 1. The van der Waals surface area contributed by atoms with Crippen LogP contribution in [0, 0.1) is 0 Å². The van der Waals surface area contributed by atoms with Gasteiger partial charge in [-0.3, -0.25) is 4.79 Å². The highest BCUT2D eigenvalue weighted by Gasteiger charge is 2.53. The van der Waals surface area contributed by atoms with Crippen LogP contribution in [0.25, 0.3) is 11.2 Å². The van der Waals surface area contributed by atoms with Gasteiger partial charge in [0.15, 0.2) is 5.65 Å². The molecule has 0 aliphatic carbocycles. The van der Waals surface area contributed by atoms with Crippen molar-refractivity contribution in [3.05, 3.63) is 60.0 Å². The van der Waals surface area contributed by atoms with E-state index in [4.69, 9.17) is 0 Å². The molecule has 0 atom stereocenters. The van der Waals surface area contributed by atoms with Crippen LogP contribution in [0.2, 0.25) is 0 Å². The lowest BCUT2D eigenvalue weighted by Crippen LogP contribution is -2.70. The molecule has 1 aromatic carbocycles. The molecule has 142 valence electrons. The van der Waals surface area contributed by atoms with Gasteiger partial charge in [0.05, 0.1) is 24.0 Å². The number of hydrogen-bond acceptors (Lipinski definition) is 4. The first-order valence-corrected chi connectivity index (χ1v) is 9.21. The number of imidazole rings is 1. The van der Waals surface area contributed by atoms with Gasteiger partial charge in [0, 0.05) is 32.9 Å². The number of carbonyl (C=O) groups excluding carboxylic acids is 2. The van der Waals surface area contributed by atoms with Crippen LogP contribution in [0.3, 0.4) is 0 Å². The summed E-state index contributed by atoms with van der Waals surface area (Å²) in [7, 11) is 1.77. The van der Waals surface area contributed by atoms with Crippen LogP contribution < -0.4 is 5.32 Å². The van der Waals surface area contributed by atoms with Crippen molar-refractivity contribution in [1.82, 2.24) is 29.7 Å². The van der Waals surface area contributed by atoms with Gasteiger partial charge in [0.1, 0.15) is 5.52 Å². The van der Waals surface area contributed by atoms with Crippen LogP contribution in [0.15, 0.2) is 48.9 Å². The molecule has 3 amide bonds. The molecule has 2 saturated heterocycles. The summed E-state index contributed by atoms with van der Waals surface area (Å²) in [6, 6.07) is 11.8. The molecule has 2 aliphatic rings. The molecule has 2 fully saturated rings. The van der Waals surface area contributed by atoms with Crippen molar-refractivity contribution in [3.8, 4) is 0 Å². The molecular formula is C20H20N6O2. The second kappa shape index (κ2) is 6.05. The number of pyridine rings is 1. The van der Waals surface area contributed by atoms with E-state index >= 15 is 0 Å². The first kappa shape index (κ1) is 16.7. The van der Waals surface area contributed by atoms with Gasteiger partial charge in [-0.1, -0.05) is 30.3 Å². The molecule has 8 nitrogen and oxygen atoms in total. The van der Waals surface area contributed by atoms with E-state index in [1.54, 1.807) is 35.4 Å². The number of aromatic nitrogens is 3. The number of carbonyl (C=O) groups is 2. The Balaban J connectivity index is 1.33. The molecule has 8 heteroatoms. The molecule has 2 aromatic heterocycles. The zero-order chi connectivity index (χ0) is 19.3. The number of fused-ring (bicyclic) bond motifs is 1. The predicted octanol–water partition coefficient (Wildman–Crippen LogP) is 1.33. The molecule has 0 bridgehead atoms. The Bertz CT molecular complexity index is 1070. The topological polar surface area (TPSA) is 83.4 Å². The van der Waals surface area contributed by atoms with E-state index in [-0.39, 0.29) is 17.5 Å². The summed E-state index contributed by atoms with van der Waals surface area (Å²) in [5.41, 5.74) is 2.87. The van der Waals surface area contributed by atoms with Crippen LogP contribution in [0.1, 0.15) is 15.9 Å². The molecule has 0 unspecified atom stereocenters. The number of nitrogens with one attached hydrogen (secondary N) is 1. The van der Waals surface area contributed by atoms with Crippen molar-refractivity contribution in [2.24, 2.45) is 0 Å². The van der Waals surface area contributed by atoms with Gasteiger partial charge < -0.3 is 19.7 Å². The largest absolute Gasteiger partial charge is 0.335 e. The summed E-state index contributed by atoms with van der Waals surface area (Å²) in [6.07, 6.45) is 3.36. The third-order valence-corrected chi connectivity index (χ3v) is 5.74. The Hall–Kier alpha value is -3.42. The number of benzene rings is 1. The minimum Gasteiger partial charge on any atom is -0.335 e. The number of likely N-dealkylation sites (N-methyl/N-ethyl adjacent to an activating group) is 1. The first-order valence-electron chi connectivity index (χ1n) is 9.21. The quantitative estimate of drug-likeness (QED) is 0.748. The molecule has 1 spiro atoms. The van der Waals surface area contributed by atoms with Gasteiger partial charge in [-0.05, 0) is 11.6 Å². The van der Waals surface area contributed by atoms with Crippen molar-refractivity contribution in [2.75, 3.05) is 26.7 Å². The van der Waals surface area contributed by atoms with Gasteiger partial charge in [-0.25, -0.2) is 14.8 Å². The molecule has 2 aliphatic heterocycles. The van der Waals surface area contributed by atoms with E-state index in [0.29, 0.717) is 37.3 Å². The standard InChI is InChI=1S/C20H20N6O2/c1-24-19(28)22-10-20(24)11-26(12-20)18(27)15-7-16-17(21-8-15)25(13-23-16)9-14-5-3-2-4-6-14/h2-8,13H,9-12H2,1H3,(H,22,28). The van der Waals surface area contributed by atoms with Crippen LogP contribution in [-0.2, 0) is 6.54 Å². The minimum atomic E-state index is -0.276. The lowest BCUT2D eigenvalue weighted by Gasteiger charge is -2.50. The summed E-state index contributed by atoms with van der Waals surface area (Å²) in [5, 5.41) is 2.83. The van der Waals surface area contributed by atoms with Crippen LogP contribution in [0.4, 0.5) is 4.79 Å². The predicted molar refractivity (Wildman–Crippen MR) is 103 cm³/mol. The second-order valence-corrected chi connectivity index (χ2v) is 7.53. The SMILES string of the molecule is CN1C(=O)NCC12CN(C(=O)c1cnc3c(c1)ncn3Cc1ccccc1)C2. The zero-order valence-electron chi connectivity index (χ0n) is 15.5. The smallest absolute Gasteiger partial charge is 0.317 e. The van der Waals surface area contributed by atoms with Crippen LogP contribution >= 0.6 is 0 Å². The third kappa shape index (κ3) is 2.52. The fraction of sp³-hybridized carbons (Fsp3) is 0.300. The van der Waals surface area contributed by atoms with E-state index in [9.17, 15) is 9.59 Å². The van der Waals surface area contributed by atoms with Crippen molar-refractivity contribution in [2.45, 2.75) is 12.1 Å². The van der Waals surface area contributed by atoms with Gasteiger partial charge in [-0.15, -0.1) is 0 Å². The summed E-state index contributed by atoms with van der Waals surface area (Å²) < 4.78 is 1.97. The van der Waals surface area contributed by atoms with Gasteiger partial charge in [0.25, 0.3) is 5.91 Å². The molecule has 28 heavy (non-hydrogen) atoms. The Morgan fingerprint density at radius 3 is 2.71 bits per heavy atom. The van der Waals surface area contributed by atoms with E-state index < -0.39 is 0 Å². The van der Waals surface area contributed by atoms with E-state index in [2.05, 4.69) is 27.4 Å². The molecule has 0 radical (unpaired) electrons. The van der Waals surface area contributed by atoms with Crippen molar-refractivity contribution < 1.29 is 9.59 Å². The maximum Gasteiger partial charge on any atom is 0.317 e. The Kier molecular flexibility index (Phi) is 3.61. The van der Waals surface area contributed by atoms with E-state index in [1.807, 2.05) is 22.8 Å². The van der Waals surface area contributed by atoms with Crippen molar-refractivity contribution in [1.29, 1.82) is 0 Å². The Labute approximate surface area is 161 Å². The average molecular weight is 376 g/mol. The molecule has 3 aromatic rings. The summed E-state index contributed by atoms with van der Waals surface area (Å²) in [4.78, 5) is 36.9. The van der Waals surface area contributed by atoms with Crippen LogP contribution in [0.5, 0.6) is 0 Å².